The van der Waals surface area contributed by atoms with Crippen LogP contribution in [0, 0.1) is 0 Å². The van der Waals surface area contributed by atoms with Gasteiger partial charge in [0, 0.05) is 12.0 Å². The molecule has 0 unspecified atom stereocenters. The summed E-state index contributed by atoms with van der Waals surface area (Å²) in [5.74, 6) is 1.34. The maximum atomic E-state index is 5.61. The molecule has 2 N–H and O–H groups in total. The second kappa shape index (κ2) is 2.09. The molecule has 3 nitrogen and oxygen atoms in total. The highest BCUT2D eigenvalue weighted by molar-refractivity contribution is 5.01. The van der Waals surface area contributed by atoms with Gasteiger partial charge in [0.25, 0.3) is 0 Å². The van der Waals surface area contributed by atoms with Crippen LogP contribution in [0.1, 0.15) is 24.7 Å². The second-order valence-corrected chi connectivity index (χ2v) is 2.80. The Balaban J connectivity index is 2.04. The van der Waals surface area contributed by atoms with Crippen LogP contribution < -0.4 is 5.73 Å². The van der Waals surface area contributed by atoms with Crippen LogP contribution in [0.4, 0.5) is 0 Å². The quantitative estimate of drug-likeness (QED) is 0.626. The van der Waals surface area contributed by atoms with Crippen molar-refractivity contribution >= 4 is 0 Å². The number of aromatic nitrogens is 1. The Morgan fingerprint density at radius 2 is 2.40 bits per heavy atom. The molecule has 0 aliphatic heterocycles. The molecule has 1 aromatic heterocycles. The van der Waals surface area contributed by atoms with E-state index in [2.05, 4.69) is 4.98 Å². The molecule has 1 saturated carbocycles. The number of oxazole rings is 1. The van der Waals surface area contributed by atoms with Crippen molar-refractivity contribution in [1.82, 2.24) is 4.98 Å². The van der Waals surface area contributed by atoms with E-state index < -0.39 is 0 Å². The molecular weight excluding hydrogens is 128 g/mol. The summed E-state index contributed by atoms with van der Waals surface area (Å²) in [5, 5.41) is 0. The van der Waals surface area contributed by atoms with Gasteiger partial charge >= 0.3 is 0 Å². The molecule has 0 atom stereocenters. The van der Waals surface area contributed by atoms with Crippen LogP contribution in [0.3, 0.4) is 0 Å². The van der Waals surface area contributed by atoms with Crippen LogP contribution in [-0.4, -0.2) is 11.0 Å². The van der Waals surface area contributed by atoms with Crippen LogP contribution >= 0.6 is 0 Å². The summed E-state index contributed by atoms with van der Waals surface area (Å²) in [6.45, 7) is 0. The Morgan fingerprint density at radius 1 is 1.60 bits per heavy atom. The van der Waals surface area contributed by atoms with Gasteiger partial charge in [0.1, 0.15) is 6.26 Å². The molecule has 0 amide bonds. The van der Waals surface area contributed by atoms with E-state index >= 15 is 0 Å². The fraction of sp³-hybridized carbons (Fsp3) is 0.571. The van der Waals surface area contributed by atoms with Gasteiger partial charge in [0.2, 0.25) is 0 Å². The van der Waals surface area contributed by atoms with Crippen LogP contribution in [0.25, 0.3) is 0 Å². The van der Waals surface area contributed by atoms with Crippen molar-refractivity contribution in [1.29, 1.82) is 0 Å². The van der Waals surface area contributed by atoms with Crippen molar-refractivity contribution in [2.45, 2.75) is 24.8 Å². The van der Waals surface area contributed by atoms with E-state index in [1.165, 1.54) is 0 Å². The van der Waals surface area contributed by atoms with Crippen LogP contribution in [0.15, 0.2) is 16.9 Å². The third-order valence-corrected chi connectivity index (χ3v) is 1.98. The highest BCUT2D eigenvalue weighted by Crippen LogP contribution is 2.34. The molecule has 1 heterocycles. The molecule has 1 fully saturated rings. The Hall–Kier alpha value is -0.830. The van der Waals surface area contributed by atoms with Crippen LogP contribution in [0.5, 0.6) is 0 Å². The minimum absolute atomic E-state index is 0.372. The maximum Gasteiger partial charge on any atom is 0.197 e. The largest absolute Gasteiger partial charge is 0.449 e. The molecule has 1 aliphatic rings. The normalized spacial score (nSPS) is 31.7. The predicted octanol–water partition coefficient (Wildman–Crippen LogP) is 0.879. The third kappa shape index (κ3) is 0.827. The van der Waals surface area contributed by atoms with Gasteiger partial charge in [-0.1, -0.05) is 0 Å². The van der Waals surface area contributed by atoms with Crippen molar-refractivity contribution in [3.05, 3.63) is 18.4 Å². The Morgan fingerprint density at radius 3 is 2.90 bits per heavy atom. The second-order valence-electron chi connectivity index (χ2n) is 2.80. The van der Waals surface area contributed by atoms with Gasteiger partial charge in [-0.3, -0.25) is 0 Å². The smallest absolute Gasteiger partial charge is 0.197 e. The Kier molecular flexibility index (Phi) is 1.24. The van der Waals surface area contributed by atoms with Crippen molar-refractivity contribution in [3.8, 4) is 0 Å². The first-order valence-electron chi connectivity index (χ1n) is 3.51. The molecule has 2 rings (SSSR count). The fourth-order valence-corrected chi connectivity index (χ4v) is 1.30. The number of hydrogen-bond acceptors (Lipinski definition) is 3. The van der Waals surface area contributed by atoms with Gasteiger partial charge in [-0.05, 0) is 12.8 Å². The summed E-state index contributed by atoms with van der Waals surface area (Å²) < 4.78 is 5.12. The molecule has 54 valence electrons. The van der Waals surface area contributed by atoms with E-state index in [1.807, 2.05) is 0 Å². The molecule has 0 aromatic carbocycles. The molecular formula is C7H10N2O. The summed E-state index contributed by atoms with van der Waals surface area (Å²) in [5.41, 5.74) is 5.61. The van der Waals surface area contributed by atoms with E-state index in [9.17, 15) is 0 Å². The number of nitrogens with two attached hydrogens (primary N) is 1. The minimum Gasteiger partial charge on any atom is -0.449 e. The molecule has 3 heteroatoms. The Labute approximate surface area is 59.2 Å². The lowest BCUT2D eigenvalue weighted by molar-refractivity contribution is 0.293. The van der Waals surface area contributed by atoms with E-state index in [0.717, 1.165) is 18.7 Å². The zero-order valence-corrected chi connectivity index (χ0v) is 5.66. The van der Waals surface area contributed by atoms with Gasteiger partial charge in [-0.2, -0.15) is 0 Å². The van der Waals surface area contributed by atoms with E-state index in [0.29, 0.717) is 12.0 Å². The maximum absolute atomic E-state index is 5.61. The average molecular weight is 138 g/mol. The average Bonchev–Trinajstić information content (AvgIpc) is 2.31. The first kappa shape index (κ1) is 5.92. The zero-order chi connectivity index (χ0) is 6.97. The highest BCUT2D eigenvalue weighted by atomic mass is 16.3. The molecule has 0 saturated heterocycles. The molecule has 0 spiro atoms. The Bertz CT molecular complexity index is 201. The summed E-state index contributed by atoms with van der Waals surface area (Å²) in [6, 6.07) is 0.372. The number of nitrogens with zero attached hydrogens (tertiary/aromatic N) is 1. The topological polar surface area (TPSA) is 52.0 Å². The molecule has 1 aliphatic carbocycles. The lowest BCUT2D eigenvalue weighted by Gasteiger charge is -2.29. The number of hydrogen-bond donors (Lipinski definition) is 1. The first-order chi connectivity index (χ1) is 4.86. The van der Waals surface area contributed by atoms with Crippen LogP contribution in [-0.2, 0) is 0 Å². The SMILES string of the molecule is NC1CC(c2ncco2)C1. The van der Waals surface area contributed by atoms with Crippen molar-refractivity contribution < 1.29 is 4.42 Å². The van der Waals surface area contributed by atoms with E-state index in [-0.39, 0.29) is 0 Å². The number of rotatable bonds is 1. The lowest BCUT2D eigenvalue weighted by Crippen LogP contribution is -2.34. The predicted molar refractivity (Wildman–Crippen MR) is 36.5 cm³/mol. The van der Waals surface area contributed by atoms with E-state index in [4.69, 9.17) is 10.2 Å². The lowest BCUT2D eigenvalue weighted by atomic mass is 9.81. The molecule has 0 bridgehead atoms. The molecule has 0 radical (unpaired) electrons. The third-order valence-electron chi connectivity index (χ3n) is 1.98. The summed E-state index contributed by atoms with van der Waals surface area (Å²) in [6.07, 6.45) is 5.35. The molecule has 1 aromatic rings. The highest BCUT2D eigenvalue weighted by Gasteiger charge is 2.30. The van der Waals surface area contributed by atoms with Gasteiger partial charge in [-0.15, -0.1) is 0 Å². The fourth-order valence-electron chi connectivity index (χ4n) is 1.30. The monoisotopic (exact) mass is 138 g/mol. The van der Waals surface area contributed by atoms with Crippen molar-refractivity contribution in [2.75, 3.05) is 0 Å². The summed E-state index contributed by atoms with van der Waals surface area (Å²) >= 11 is 0. The minimum atomic E-state index is 0.372. The molecule has 10 heavy (non-hydrogen) atoms. The van der Waals surface area contributed by atoms with Gasteiger partial charge in [0.15, 0.2) is 5.89 Å². The van der Waals surface area contributed by atoms with Gasteiger partial charge in [0.05, 0.1) is 6.20 Å². The van der Waals surface area contributed by atoms with Crippen molar-refractivity contribution in [2.24, 2.45) is 5.73 Å². The zero-order valence-electron chi connectivity index (χ0n) is 5.66. The van der Waals surface area contributed by atoms with Gasteiger partial charge in [-0.25, -0.2) is 4.98 Å². The summed E-state index contributed by atoms with van der Waals surface area (Å²) in [7, 11) is 0. The van der Waals surface area contributed by atoms with Crippen LogP contribution in [0.2, 0.25) is 0 Å². The van der Waals surface area contributed by atoms with E-state index in [1.54, 1.807) is 12.5 Å². The first-order valence-corrected chi connectivity index (χ1v) is 3.51. The standard InChI is InChI=1S/C7H10N2O/c8-6-3-5(4-6)7-9-1-2-10-7/h1-2,5-6H,3-4,8H2. The van der Waals surface area contributed by atoms with Crippen molar-refractivity contribution in [3.63, 3.8) is 0 Å². The summed E-state index contributed by atoms with van der Waals surface area (Å²) in [4.78, 5) is 4.05. The van der Waals surface area contributed by atoms with Gasteiger partial charge < -0.3 is 10.2 Å².